The number of nitrogens with zero attached hydrogens (tertiary/aromatic N) is 3. The number of aryl methyl sites for hydroxylation is 1. The Morgan fingerprint density at radius 1 is 1.40 bits per heavy atom. The zero-order chi connectivity index (χ0) is 17.8. The molecule has 3 rings (SSSR count). The molecular weight excluding hydrogens is 341 g/mol. The topological polar surface area (TPSA) is 57.0 Å². The van der Waals surface area contributed by atoms with E-state index in [-0.39, 0.29) is 0 Å². The van der Waals surface area contributed by atoms with Crippen LogP contribution in [0.1, 0.15) is 33.4 Å². The molecular formula is C18H18FN3O2S. The van der Waals surface area contributed by atoms with Gasteiger partial charge in [0.2, 0.25) is 0 Å². The van der Waals surface area contributed by atoms with E-state index in [9.17, 15) is 9.18 Å². The minimum atomic E-state index is -0.579. The van der Waals surface area contributed by atoms with Crippen molar-refractivity contribution in [2.75, 3.05) is 6.61 Å². The normalized spacial score (nSPS) is 10.8. The second-order valence-electron chi connectivity index (χ2n) is 5.54. The lowest BCUT2D eigenvalue weighted by atomic mass is 10.1. The summed E-state index contributed by atoms with van der Waals surface area (Å²) in [4.78, 5) is 16.9. The van der Waals surface area contributed by atoms with Crippen LogP contribution >= 0.6 is 11.3 Å². The van der Waals surface area contributed by atoms with Crippen LogP contribution in [0.5, 0.6) is 0 Å². The molecule has 0 spiro atoms. The standard InChI is InChI=1S/C18H18FN3O2S/c1-3-24-18(23)14-9-20-22(10-14)11-15-16(8-19)25-17(21-15)13-6-4-5-12(2)7-13/h4-7,9-10H,3,8,11H2,1-2H3. The van der Waals surface area contributed by atoms with E-state index in [1.807, 2.05) is 31.2 Å². The summed E-state index contributed by atoms with van der Waals surface area (Å²) >= 11 is 1.34. The van der Waals surface area contributed by atoms with Gasteiger partial charge in [0.1, 0.15) is 11.7 Å². The molecule has 25 heavy (non-hydrogen) atoms. The Morgan fingerprint density at radius 2 is 2.24 bits per heavy atom. The highest BCUT2D eigenvalue weighted by Gasteiger charge is 2.15. The van der Waals surface area contributed by atoms with Gasteiger partial charge in [-0.15, -0.1) is 11.3 Å². The fraction of sp³-hybridized carbons (Fsp3) is 0.278. The van der Waals surface area contributed by atoms with Crippen molar-refractivity contribution in [2.45, 2.75) is 27.1 Å². The Balaban J connectivity index is 1.84. The van der Waals surface area contributed by atoms with Gasteiger partial charge in [-0.3, -0.25) is 4.68 Å². The number of thiazole rings is 1. The third-order valence-corrected chi connectivity index (χ3v) is 4.73. The van der Waals surface area contributed by atoms with Crippen LogP contribution in [-0.4, -0.2) is 27.3 Å². The van der Waals surface area contributed by atoms with E-state index < -0.39 is 12.6 Å². The van der Waals surface area contributed by atoms with E-state index >= 15 is 0 Å². The van der Waals surface area contributed by atoms with E-state index in [4.69, 9.17) is 4.74 Å². The number of hydrogen-bond acceptors (Lipinski definition) is 5. The van der Waals surface area contributed by atoms with Crippen molar-refractivity contribution in [3.63, 3.8) is 0 Å². The minimum absolute atomic E-state index is 0.307. The van der Waals surface area contributed by atoms with E-state index in [1.165, 1.54) is 17.5 Å². The van der Waals surface area contributed by atoms with Gasteiger partial charge in [-0.1, -0.05) is 23.8 Å². The molecule has 0 aliphatic carbocycles. The largest absolute Gasteiger partial charge is 0.462 e. The van der Waals surface area contributed by atoms with Gasteiger partial charge in [0.25, 0.3) is 0 Å². The first-order chi connectivity index (χ1) is 12.1. The average molecular weight is 359 g/mol. The van der Waals surface area contributed by atoms with E-state index in [0.717, 1.165) is 16.1 Å². The van der Waals surface area contributed by atoms with Gasteiger partial charge in [0.15, 0.2) is 0 Å². The fourth-order valence-electron chi connectivity index (χ4n) is 2.44. The predicted molar refractivity (Wildman–Crippen MR) is 94.4 cm³/mol. The summed E-state index contributed by atoms with van der Waals surface area (Å²) in [6, 6.07) is 7.95. The van der Waals surface area contributed by atoms with Crippen molar-refractivity contribution < 1.29 is 13.9 Å². The van der Waals surface area contributed by atoms with E-state index in [0.29, 0.717) is 29.3 Å². The zero-order valence-corrected chi connectivity index (χ0v) is 14.8. The van der Waals surface area contributed by atoms with E-state index in [1.54, 1.807) is 17.8 Å². The van der Waals surface area contributed by atoms with Crippen molar-refractivity contribution in [1.29, 1.82) is 0 Å². The maximum atomic E-state index is 13.4. The molecule has 2 aromatic heterocycles. The quantitative estimate of drug-likeness (QED) is 0.624. The Bertz CT molecular complexity index is 888. The molecule has 7 heteroatoms. The maximum absolute atomic E-state index is 13.4. The van der Waals surface area contributed by atoms with Gasteiger partial charge in [-0.05, 0) is 19.9 Å². The third kappa shape index (κ3) is 3.93. The van der Waals surface area contributed by atoms with Crippen LogP contribution in [0.3, 0.4) is 0 Å². The summed E-state index contributed by atoms with van der Waals surface area (Å²) in [6.07, 6.45) is 3.03. The lowest BCUT2D eigenvalue weighted by molar-refractivity contribution is 0.0526. The number of halogens is 1. The Labute approximate surface area is 149 Å². The number of aromatic nitrogens is 3. The van der Waals surface area contributed by atoms with Crippen molar-refractivity contribution >= 4 is 17.3 Å². The first-order valence-electron chi connectivity index (χ1n) is 7.92. The molecule has 0 radical (unpaired) electrons. The van der Waals surface area contributed by atoms with Crippen molar-refractivity contribution in [1.82, 2.24) is 14.8 Å². The number of esters is 1. The summed E-state index contributed by atoms with van der Waals surface area (Å²) in [5.41, 5.74) is 3.10. The number of carbonyl (C=O) groups is 1. The summed E-state index contributed by atoms with van der Waals surface area (Å²) < 4.78 is 19.9. The van der Waals surface area contributed by atoms with Crippen LogP contribution < -0.4 is 0 Å². The SMILES string of the molecule is CCOC(=O)c1cnn(Cc2nc(-c3cccc(C)c3)sc2CF)c1. The molecule has 0 bridgehead atoms. The Morgan fingerprint density at radius 3 is 2.96 bits per heavy atom. The molecule has 2 heterocycles. The van der Waals surface area contributed by atoms with Crippen LogP contribution in [0, 0.1) is 6.92 Å². The van der Waals surface area contributed by atoms with Crippen LogP contribution in [0.15, 0.2) is 36.7 Å². The van der Waals surface area contributed by atoms with Gasteiger partial charge in [0.05, 0.1) is 35.5 Å². The van der Waals surface area contributed by atoms with Crippen LogP contribution in [-0.2, 0) is 18.0 Å². The summed E-state index contributed by atoms with van der Waals surface area (Å²) in [7, 11) is 0. The number of ether oxygens (including phenoxy) is 1. The molecule has 0 saturated heterocycles. The summed E-state index contributed by atoms with van der Waals surface area (Å²) in [5, 5.41) is 4.93. The van der Waals surface area contributed by atoms with Crippen molar-refractivity contribution in [3.8, 4) is 10.6 Å². The molecule has 1 aromatic carbocycles. The zero-order valence-electron chi connectivity index (χ0n) is 14.0. The molecule has 0 N–H and O–H groups in total. The Hall–Kier alpha value is -2.54. The number of alkyl halides is 1. The molecule has 0 saturated carbocycles. The van der Waals surface area contributed by atoms with Crippen LogP contribution in [0.25, 0.3) is 10.6 Å². The lowest BCUT2D eigenvalue weighted by Crippen LogP contribution is -2.04. The number of benzene rings is 1. The molecule has 3 aromatic rings. The second kappa shape index (κ2) is 7.57. The minimum Gasteiger partial charge on any atom is -0.462 e. The van der Waals surface area contributed by atoms with E-state index in [2.05, 4.69) is 10.1 Å². The molecule has 0 fully saturated rings. The van der Waals surface area contributed by atoms with Crippen molar-refractivity contribution in [3.05, 3.63) is 58.4 Å². The van der Waals surface area contributed by atoms with Gasteiger partial charge >= 0.3 is 5.97 Å². The highest BCUT2D eigenvalue weighted by molar-refractivity contribution is 7.15. The molecule has 0 aliphatic heterocycles. The maximum Gasteiger partial charge on any atom is 0.341 e. The highest BCUT2D eigenvalue weighted by atomic mass is 32.1. The van der Waals surface area contributed by atoms with Gasteiger partial charge in [-0.25, -0.2) is 14.2 Å². The predicted octanol–water partition coefficient (Wildman–Crippen LogP) is 4.01. The monoisotopic (exact) mass is 359 g/mol. The lowest BCUT2D eigenvalue weighted by Gasteiger charge is -2.00. The first kappa shape index (κ1) is 17.3. The molecule has 0 amide bonds. The van der Waals surface area contributed by atoms with Crippen LogP contribution in [0.2, 0.25) is 0 Å². The summed E-state index contributed by atoms with van der Waals surface area (Å²) in [5.74, 6) is -0.418. The third-order valence-electron chi connectivity index (χ3n) is 3.62. The molecule has 0 unspecified atom stereocenters. The van der Waals surface area contributed by atoms with Gasteiger partial charge in [0, 0.05) is 11.8 Å². The number of carbonyl (C=O) groups excluding carboxylic acids is 1. The molecule has 130 valence electrons. The van der Waals surface area contributed by atoms with Crippen LogP contribution in [0.4, 0.5) is 4.39 Å². The Kier molecular flexibility index (Phi) is 5.23. The second-order valence-corrected chi connectivity index (χ2v) is 6.62. The van der Waals surface area contributed by atoms with Gasteiger partial charge < -0.3 is 4.74 Å². The summed E-state index contributed by atoms with van der Waals surface area (Å²) in [6.45, 7) is 3.79. The fourth-order valence-corrected chi connectivity index (χ4v) is 3.35. The highest BCUT2D eigenvalue weighted by Crippen LogP contribution is 2.29. The number of rotatable bonds is 6. The van der Waals surface area contributed by atoms with Gasteiger partial charge in [-0.2, -0.15) is 5.10 Å². The first-order valence-corrected chi connectivity index (χ1v) is 8.73. The molecule has 0 aliphatic rings. The smallest absolute Gasteiger partial charge is 0.341 e. The number of hydrogen-bond donors (Lipinski definition) is 0. The molecule has 0 atom stereocenters. The van der Waals surface area contributed by atoms with Crippen molar-refractivity contribution in [2.24, 2.45) is 0 Å². The molecule has 5 nitrogen and oxygen atoms in total. The average Bonchev–Trinajstić information content (AvgIpc) is 3.22.